The Kier molecular flexibility index (Phi) is 4.03. The van der Waals surface area contributed by atoms with E-state index in [1.165, 1.54) is 0 Å². The molecule has 0 saturated heterocycles. The van der Waals surface area contributed by atoms with Crippen LogP contribution >= 0.6 is 28.1 Å². The van der Waals surface area contributed by atoms with Gasteiger partial charge in [-0.05, 0) is 24.4 Å². The number of benzene rings is 1. The van der Waals surface area contributed by atoms with Crippen LogP contribution in [0.5, 0.6) is 0 Å². The summed E-state index contributed by atoms with van der Waals surface area (Å²) in [5, 5.41) is 3.11. The van der Waals surface area contributed by atoms with Crippen LogP contribution in [0.4, 0.5) is 0 Å². The third kappa shape index (κ3) is 3.08. The number of nitrogens with zero attached hydrogens (tertiary/aromatic N) is 1. The topological polar surface area (TPSA) is 50.4 Å². The Labute approximate surface area is 96.5 Å². The molecule has 1 aromatic rings. The van der Waals surface area contributed by atoms with Crippen LogP contribution in [0.2, 0.25) is 0 Å². The van der Waals surface area contributed by atoms with Gasteiger partial charge < -0.3 is 11.1 Å². The van der Waals surface area contributed by atoms with E-state index in [-0.39, 0.29) is 0 Å². The molecular formula is C9H10BrN3S. The van der Waals surface area contributed by atoms with Crippen molar-refractivity contribution in [3.63, 3.8) is 0 Å². The van der Waals surface area contributed by atoms with E-state index >= 15 is 0 Å². The molecule has 0 aliphatic carbocycles. The monoisotopic (exact) mass is 271 g/mol. The summed E-state index contributed by atoms with van der Waals surface area (Å²) >= 11 is 8.21. The number of nitrogens with one attached hydrogen (secondary N) is 1. The summed E-state index contributed by atoms with van der Waals surface area (Å²) < 4.78 is 1.00. The molecule has 1 aromatic carbocycles. The average Bonchev–Trinajstić information content (AvgIpc) is 2.18. The Bertz CT molecular complexity index is 359. The summed E-state index contributed by atoms with van der Waals surface area (Å²) in [6.07, 6.45) is 0. The maximum atomic E-state index is 5.73. The van der Waals surface area contributed by atoms with E-state index in [4.69, 9.17) is 18.0 Å². The molecule has 0 spiro atoms. The quantitative estimate of drug-likeness (QED) is 0.464. The number of thiocarbonyl (C=S) groups is 1. The van der Waals surface area contributed by atoms with Crippen molar-refractivity contribution < 1.29 is 0 Å². The Hall–Kier alpha value is -0.940. The first-order valence-corrected chi connectivity index (χ1v) is 5.15. The van der Waals surface area contributed by atoms with Crippen molar-refractivity contribution in [2.75, 3.05) is 7.05 Å². The SMILES string of the molecule is CNC(=S)/N=C(\N)c1ccc(Br)cc1. The molecule has 0 aliphatic rings. The Morgan fingerprint density at radius 2 is 2.00 bits per heavy atom. The van der Waals surface area contributed by atoms with Gasteiger partial charge in [-0.15, -0.1) is 0 Å². The van der Waals surface area contributed by atoms with Crippen LogP contribution in [-0.2, 0) is 0 Å². The van der Waals surface area contributed by atoms with Crippen LogP contribution < -0.4 is 11.1 Å². The molecular weight excluding hydrogens is 262 g/mol. The van der Waals surface area contributed by atoms with Crippen LogP contribution in [0.25, 0.3) is 0 Å². The first-order valence-electron chi connectivity index (χ1n) is 3.95. The number of aliphatic imine (C=N–C) groups is 1. The van der Waals surface area contributed by atoms with E-state index in [1.807, 2.05) is 24.3 Å². The zero-order valence-corrected chi connectivity index (χ0v) is 10.0. The van der Waals surface area contributed by atoms with Gasteiger partial charge in [0.2, 0.25) is 0 Å². The van der Waals surface area contributed by atoms with Crippen molar-refractivity contribution in [1.82, 2.24) is 5.32 Å². The van der Waals surface area contributed by atoms with Crippen LogP contribution in [0.15, 0.2) is 33.7 Å². The van der Waals surface area contributed by atoms with Crippen molar-refractivity contribution in [1.29, 1.82) is 0 Å². The van der Waals surface area contributed by atoms with Crippen LogP contribution in [-0.4, -0.2) is 18.0 Å². The maximum absolute atomic E-state index is 5.73. The smallest absolute Gasteiger partial charge is 0.194 e. The van der Waals surface area contributed by atoms with Gasteiger partial charge in [0.05, 0.1) is 0 Å². The summed E-state index contributed by atoms with van der Waals surface area (Å²) in [5.41, 5.74) is 6.58. The van der Waals surface area contributed by atoms with Crippen molar-refractivity contribution in [2.45, 2.75) is 0 Å². The third-order valence-corrected chi connectivity index (χ3v) is 2.40. The number of halogens is 1. The fraction of sp³-hybridized carbons (Fsp3) is 0.111. The summed E-state index contributed by atoms with van der Waals surface area (Å²) in [6.45, 7) is 0. The Morgan fingerprint density at radius 1 is 1.43 bits per heavy atom. The zero-order valence-electron chi connectivity index (χ0n) is 7.62. The minimum Gasteiger partial charge on any atom is -0.383 e. The van der Waals surface area contributed by atoms with Gasteiger partial charge in [-0.25, -0.2) is 4.99 Å². The van der Waals surface area contributed by atoms with Crippen LogP contribution in [0.3, 0.4) is 0 Å². The number of rotatable bonds is 1. The van der Waals surface area contributed by atoms with E-state index in [0.717, 1.165) is 10.0 Å². The van der Waals surface area contributed by atoms with Gasteiger partial charge in [0.15, 0.2) is 5.11 Å². The molecule has 0 aliphatic heterocycles. The molecule has 0 unspecified atom stereocenters. The predicted molar refractivity (Wildman–Crippen MR) is 66.5 cm³/mol. The highest BCUT2D eigenvalue weighted by molar-refractivity contribution is 9.10. The van der Waals surface area contributed by atoms with Gasteiger partial charge in [0.25, 0.3) is 0 Å². The molecule has 0 fully saturated rings. The van der Waals surface area contributed by atoms with E-state index in [9.17, 15) is 0 Å². The first-order chi connectivity index (χ1) is 6.63. The molecule has 0 aromatic heterocycles. The molecule has 0 radical (unpaired) electrons. The number of nitrogens with two attached hydrogens (primary N) is 1. The second kappa shape index (κ2) is 5.07. The van der Waals surface area contributed by atoms with Crippen LogP contribution in [0.1, 0.15) is 5.56 Å². The number of hydrogen-bond donors (Lipinski definition) is 2. The van der Waals surface area contributed by atoms with Crippen molar-refractivity contribution in [3.8, 4) is 0 Å². The summed E-state index contributed by atoms with van der Waals surface area (Å²) in [4.78, 5) is 3.99. The molecule has 5 heteroatoms. The fourth-order valence-electron chi connectivity index (χ4n) is 0.851. The minimum atomic E-state index is 0.380. The molecule has 0 saturated carbocycles. The molecule has 0 bridgehead atoms. The summed E-state index contributed by atoms with van der Waals surface area (Å²) in [6, 6.07) is 7.56. The zero-order chi connectivity index (χ0) is 10.6. The second-order valence-corrected chi connectivity index (χ2v) is 3.86. The van der Waals surface area contributed by atoms with E-state index in [1.54, 1.807) is 7.05 Å². The molecule has 74 valence electrons. The Morgan fingerprint density at radius 3 is 2.50 bits per heavy atom. The molecule has 0 atom stereocenters. The molecule has 1 rings (SSSR count). The highest BCUT2D eigenvalue weighted by Crippen LogP contribution is 2.10. The van der Waals surface area contributed by atoms with Crippen molar-refractivity contribution >= 4 is 39.1 Å². The normalized spacial score (nSPS) is 11.1. The molecule has 14 heavy (non-hydrogen) atoms. The third-order valence-electron chi connectivity index (χ3n) is 1.58. The maximum Gasteiger partial charge on any atom is 0.194 e. The van der Waals surface area contributed by atoms with Gasteiger partial charge >= 0.3 is 0 Å². The standard InChI is InChI=1S/C9H10BrN3S/c1-12-9(14)13-8(11)6-2-4-7(10)5-3-6/h2-5H,1H3,(H3,11,12,13,14). The van der Waals surface area contributed by atoms with Gasteiger partial charge in [-0.3, -0.25) is 0 Å². The Balaban J connectivity index is 2.89. The lowest BCUT2D eigenvalue weighted by molar-refractivity contribution is 1.18. The lowest BCUT2D eigenvalue weighted by Crippen LogP contribution is -2.20. The van der Waals surface area contributed by atoms with Gasteiger partial charge in [0, 0.05) is 17.1 Å². The van der Waals surface area contributed by atoms with Crippen molar-refractivity contribution in [2.24, 2.45) is 10.7 Å². The predicted octanol–water partition coefficient (Wildman–Crippen LogP) is 1.66. The lowest BCUT2D eigenvalue weighted by Gasteiger charge is -2.01. The molecule has 0 amide bonds. The molecule has 3 N–H and O–H groups in total. The van der Waals surface area contributed by atoms with Gasteiger partial charge in [-0.2, -0.15) is 0 Å². The summed E-state index contributed by atoms with van der Waals surface area (Å²) in [5.74, 6) is 0.414. The van der Waals surface area contributed by atoms with E-state index in [0.29, 0.717) is 10.9 Å². The minimum absolute atomic E-state index is 0.380. The first kappa shape index (κ1) is 11.1. The van der Waals surface area contributed by atoms with Crippen LogP contribution in [0, 0.1) is 0 Å². The highest BCUT2D eigenvalue weighted by Gasteiger charge is 1.98. The largest absolute Gasteiger partial charge is 0.383 e. The average molecular weight is 272 g/mol. The van der Waals surface area contributed by atoms with Crippen molar-refractivity contribution in [3.05, 3.63) is 34.3 Å². The number of hydrogen-bond acceptors (Lipinski definition) is 1. The summed E-state index contributed by atoms with van der Waals surface area (Å²) in [7, 11) is 1.71. The molecule has 0 heterocycles. The van der Waals surface area contributed by atoms with Gasteiger partial charge in [-0.1, -0.05) is 28.1 Å². The van der Waals surface area contributed by atoms with E-state index in [2.05, 4.69) is 26.2 Å². The number of amidine groups is 1. The highest BCUT2D eigenvalue weighted by atomic mass is 79.9. The molecule has 3 nitrogen and oxygen atoms in total. The fourth-order valence-corrected chi connectivity index (χ4v) is 1.21. The second-order valence-electron chi connectivity index (χ2n) is 2.56. The lowest BCUT2D eigenvalue weighted by atomic mass is 10.2. The van der Waals surface area contributed by atoms with E-state index < -0.39 is 0 Å². The van der Waals surface area contributed by atoms with Gasteiger partial charge in [0.1, 0.15) is 5.84 Å².